The van der Waals surface area contributed by atoms with Gasteiger partial charge < -0.3 is 30.5 Å². The van der Waals surface area contributed by atoms with E-state index < -0.39 is 11.4 Å². The van der Waals surface area contributed by atoms with E-state index in [0.29, 0.717) is 51.6 Å². The fourth-order valence-corrected chi connectivity index (χ4v) is 6.15. The number of nitrogens with one attached hydrogen (secondary N) is 1. The molecule has 9 nitrogen and oxygen atoms in total. The Morgan fingerprint density at radius 1 is 1.37 bits per heavy atom. The zero-order chi connectivity index (χ0) is 27.5. The van der Waals surface area contributed by atoms with E-state index in [4.69, 9.17) is 20.7 Å². The molecule has 1 aliphatic carbocycles. The minimum absolute atomic E-state index is 0.0246. The van der Waals surface area contributed by atoms with Gasteiger partial charge in [-0.15, -0.1) is 0 Å². The Kier molecular flexibility index (Phi) is 6.84. The smallest absolute Gasteiger partial charge is 0.410 e. The summed E-state index contributed by atoms with van der Waals surface area (Å²) in [6, 6.07) is 4.33. The van der Waals surface area contributed by atoms with Crippen LogP contribution in [0.3, 0.4) is 0 Å². The SMILES string of the molecule is CN(C)C1CN(c2nc3c(F)c(Br)c(CCC#N)cc3c(NC3C4CC3N(C(=O)OC(C)(C)C)C4)c2N)C1. The molecule has 3 atom stereocenters. The second-order valence-electron chi connectivity index (χ2n) is 11.8. The molecule has 6 rings (SSSR count). The van der Waals surface area contributed by atoms with Gasteiger partial charge in [-0.25, -0.2) is 14.2 Å². The normalized spacial score (nSPS) is 22.9. The van der Waals surface area contributed by atoms with Gasteiger partial charge in [0.2, 0.25) is 0 Å². The van der Waals surface area contributed by atoms with Crippen LogP contribution in [0.25, 0.3) is 10.9 Å². The molecule has 1 amide bonds. The molecule has 4 heterocycles. The van der Waals surface area contributed by atoms with Crippen molar-refractivity contribution in [3.8, 4) is 6.07 Å². The fraction of sp³-hybridized carbons (Fsp3) is 0.593. The van der Waals surface area contributed by atoms with E-state index in [1.165, 1.54) is 0 Å². The Morgan fingerprint density at radius 2 is 2.08 bits per heavy atom. The highest BCUT2D eigenvalue weighted by molar-refractivity contribution is 9.10. The average molecular weight is 589 g/mol. The largest absolute Gasteiger partial charge is 0.444 e. The number of fused-ring (bicyclic) bond motifs is 2. The number of aryl methyl sites for hydroxylation is 1. The van der Waals surface area contributed by atoms with Gasteiger partial charge in [0.25, 0.3) is 0 Å². The van der Waals surface area contributed by atoms with E-state index in [1.807, 2.05) is 40.9 Å². The highest BCUT2D eigenvalue weighted by Crippen LogP contribution is 2.47. The van der Waals surface area contributed by atoms with Crippen molar-refractivity contribution >= 4 is 50.1 Å². The molecular formula is C27H35BrFN7O2. The summed E-state index contributed by atoms with van der Waals surface area (Å²) in [5.41, 5.74) is 8.22. The van der Waals surface area contributed by atoms with Crippen LogP contribution in [0.1, 0.15) is 39.2 Å². The monoisotopic (exact) mass is 587 g/mol. The summed E-state index contributed by atoms with van der Waals surface area (Å²) in [5.74, 6) is 0.347. The maximum atomic E-state index is 15.7. The highest BCUT2D eigenvalue weighted by Gasteiger charge is 2.55. The molecule has 0 spiro atoms. The van der Waals surface area contributed by atoms with Crippen LogP contribution >= 0.6 is 15.9 Å². The molecule has 4 fully saturated rings. The van der Waals surface area contributed by atoms with Crippen LogP contribution in [0.5, 0.6) is 0 Å². The minimum Gasteiger partial charge on any atom is -0.444 e. The van der Waals surface area contributed by atoms with E-state index >= 15 is 4.39 Å². The summed E-state index contributed by atoms with van der Waals surface area (Å²) >= 11 is 3.39. The van der Waals surface area contributed by atoms with Crippen molar-refractivity contribution in [3.63, 3.8) is 0 Å². The molecule has 38 heavy (non-hydrogen) atoms. The topological polar surface area (TPSA) is 111 Å². The lowest BCUT2D eigenvalue weighted by Crippen LogP contribution is -2.58. The van der Waals surface area contributed by atoms with Crippen LogP contribution in [0.15, 0.2) is 10.5 Å². The lowest BCUT2D eigenvalue weighted by atomic mass is 9.79. The van der Waals surface area contributed by atoms with E-state index in [1.54, 1.807) is 4.90 Å². The van der Waals surface area contributed by atoms with Crippen molar-refractivity contribution in [1.29, 1.82) is 5.26 Å². The highest BCUT2D eigenvalue weighted by atomic mass is 79.9. The van der Waals surface area contributed by atoms with Crippen molar-refractivity contribution in [2.45, 2.75) is 63.8 Å². The molecule has 3 unspecified atom stereocenters. The zero-order valence-corrected chi connectivity index (χ0v) is 24.1. The number of halogens is 2. The Bertz CT molecular complexity index is 1320. The first-order chi connectivity index (χ1) is 17.9. The number of carbonyl (C=O) groups excluding carboxylic acids is 1. The van der Waals surface area contributed by atoms with E-state index in [2.05, 4.69) is 37.1 Å². The molecule has 3 N–H and O–H groups in total. The summed E-state index contributed by atoms with van der Waals surface area (Å²) in [6.07, 6.45) is 1.25. The van der Waals surface area contributed by atoms with Crippen molar-refractivity contribution in [2.75, 3.05) is 49.7 Å². The number of aromatic nitrogens is 1. The number of benzene rings is 1. The molecule has 0 radical (unpaired) electrons. The van der Waals surface area contributed by atoms with Crippen LogP contribution in [0.4, 0.5) is 26.4 Å². The van der Waals surface area contributed by atoms with Gasteiger partial charge in [0.15, 0.2) is 11.6 Å². The first-order valence-electron chi connectivity index (χ1n) is 13.0. The van der Waals surface area contributed by atoms with Crippen LogP contribution in [0.2, 0.25) is 0 Å². The van der Waals surface area contributed by atoms with E-state index in [0.717, 1.165) is 19.5 Å². The molecule has 2 aromatic rings. The van der Waals surface area contributed by atoms with Crippen molar-refractivity contribution in [2.24, 2.45) is 5.92 Å². The van der Waals surface area contributed by atoms with Gasteiger partial charge in [0, 0.05) is 43.4 Å². The molecular weight excluding hydrogens is 553 g/mol. The standard InChI is InChI=1S/C27H35BrFN7O2/c1-27(2,3)38-26(37)36-11-15-10-18(36)22(15)32-24-17-9-14(7-6-8-30)19(28)20(29)23(17)33-25(21(24)31)35-12-16(13-35)34(4)5/h9,15-16,18,22H,6-7,10-13,31H2,1-5H3,(H,32,33). The number of carbonyl (C=O) groups is 1. The Hall–Kier alpha value is -2.84. The number of nitrogens with zero attached hydrogens (tertiary/aromatic N) is 5. The number of hydrogen-bond donors (Lipinski definition) is 2. The summed E-state index contributed by atoms with van der Waals surface area (Å²) in [5, 5.41) is 13.3. The van der Waals surface area contributed by atoms with Crippen LogP contribution in [0, 0.1) is 23.1 Å². The van der Waals surface area contributed by atoms with Gasteiger partial charge in [0.05, 0.1) is 34.0 Å². The predicted molar refractivity (Wildman–Crippen MR) is 150 cm³/mol. The van der Waals surface area contributed by atoms with Crippen molar-refractivity contribution < 1.29 is 13.9 Å². The maximum Gasteiger partial charge on any atom is 0.410 e. The number of nitrogens with two attached hydrogens (primary N) is 1. The molecule has 1 aromatic carbocycles. The third-order valence-corrected chi connectivity index (χ3v) is 8.75. The number of nitriles is 1. The van der Waals surface area contributed by atoms with Gasteiger partial charge in [-0.2, -0.15) is 5.26 Å². The van der Waals surface area contributed by atoms with E-state index in [-0.39, 0.29) is 36.0 Å². The fourth-order valence-electron chi connectivity index (χ4n) is 5.65. The van der Waals surface area contributed by atoms with Crippen molar-refractivity contribution in [3.05, 3.63) is 21.9 Å². The summed E-state index contributed by atoms with van der Waals surface area (Å²) in [4.78, 5) is 23.6. The number of ether oxygens (including phenoxy) is 1. The first-order valence-corrected chi connectivity index (χ1v) is 13.8. The predicted octanol–water partition coefficient (Wildman–Crippen LogP) is 4.34. The number of rotatable bonds is 6. The molecule has 1 aromatic heterocycles. The minimum atomic E-state index is -0.569. The van der Waals surface area contributed by atoms with Gasteiger partial charge in [-0.05, 0) is 75.3 Å². The number of anilines is 3. The third kappa shape index (κ3) is 4.62. The molecule has 3 saturated heterocycles. The summed E-state index contributed by atoms with van der Waals surface area (Å²) in [6.45, 7) is 7.69. The Balaban J connectivity index is 1.52. The lowest BCUT2D eigenvalue weighted by Gasteiger charge is -2.44. The third-order valence-electron chi connectivity index (χ3n) is 7.89. The summed E-state index contributed by atoms with van der Waals surface area (Å²) in [7, 11) is 4.07. The molecule has 11 heteroatoms. The van der Waals surface area contributed by atoms with Crippen molar-refractivity contribution in [1.82, 2.24) is 14.8 Å². The lowest BCUT2D eigenvalue weighted by molar-refractivity contribution is 0.0239. The number of hydrogen-bond acceptors (Lipinski definition) is 8. The molecule has 204 valence electrons. The number of likely N-dealkylation sites (N-methyl/N-ethyl adjacent to an activating group) is 1. The van der Waals surface area contributed by atoms with Gasteiger partial charge in [-0.3, -0.25) is 0 Å². The quantitative estimate of drug-likeness (QED) is 0.513. The number of nitrogen functional groups attached to an aromatic ring is 1. The Labute approximate surface area is 231 Å². The second-order valence-corrected chi connectivity index (χ2v) is 12.6. The number of pyridine rings is 1. The first kappa shape index (κ1) is 26.8. The average Bonchev–Trinajstić information content (AvgIpc) is 3.39. The maximum absolute atomic E-state index is 15.7. The van der Waals surface area contributed by atoms with Gasteiger partial charge in [0.1, 0.15) is 11.1 Å². The molecule has 1 saturated carbocycles. The number of amides is 1. The zero-order valence-electron chi connectivity index (χ0n) is 22.5. The molecule has 4 aliphatic rings. The molecule has 3 aliphatic heterocycles. The molecule has 2 bridgehead atoms. The van der Waals surface area contributed by atoms with Gasteiger partial charge >= 0.3 is 6.09 Å². The van der Waals surface area contributed by atoms with Crippen LogP contribution in [-0.2, 0) is 11.2 Å². The second kappa shape index (κ2) is 9.72. The van der Waals surface area contributed by atoms with Crippen LogP contribution < -0.4 is 16.0 Å². The Morgan fingerprint density at radius 3 is 2.71 bits per heavy atom. The van der Waals surface area contributed by atoms with E-state index in [9.17, 15) is 4.79 Å². The van der Waals surface area contributed by atoms with Crippen LogP contribution in [-0.4, -0.2) is 78.3 Å². The summed E-state index contributed by atoms with van der Waals surface area (Å²) < 4.78 is 21.7. The van der Waals surface area contributed by atoms with Gasteiger partial charge in [-0.1, -0.05) is 0 Å².